The van der Waals surface area contributed by atoms with Gasteiger partial charge in [0.25, 0.3) is 0 Å². The van der Waals surface area contributed by atoms with Crippen LogP contribution in [0.3, 0.4) is 0 Å². The molecule has 0 fully saturated rings. The number of hydrogen-bond donors (Lipinski definition) is 0. The van der Waals surface area contributed by atoms with Crippen molar-refractivity contribution >= 4 is 38.2 Å². The normalized spacial score (nSPS) is 11.4. The Morgan fingerprint density at radius 3 is 2.59 bits per heavy atom. The molecular weight excluding hydrogens is 360 g/mol. The number of aromatic nitrogens is 2. The number of methoxy groups -OCH3 is 1. The van der Waals surface area contributed by atoms with Crippen molar-refractivity contribution in [3.63, 3.8) is 0 Å². The standard InChI is InChI=1S/C17H17BrN2OS/c1-9(2)17-20-13(8-22-17)12-7-10(3)11-5-6-14(21-4)15(18)16(11)19-12/h5-9H,1-4H3. The Kier molecular flexibility index (Phi) is 4.19. The molecule has 2 heterocycles. The first kappa shape index (κ1) is 15.4. The number of fused-ring (bicyclic) bond motifs is 1. The average Bonchev–Trinajstić information content (AvgIpc) is 2.98. The van der Waals surface area contributed by atoms with E-state index in [2.05, 4.69) is 48.1 Å². The summed E-state index contributed by atoms with van der Waals surface area (Å²) in [4.78, 5) is 9.51. The molecule has 3 rings (SSSR count). The van der Waals surface area contributed by atoms with E-state index in [-0.39, 0.29) is 0 Å². The van der Waals surface area contributed by atoms with Crippen LogP contribution < -0.4 is 4.74 Å². The summed E-state index contributed by atoms with van der Waals surface area (Å²) in [5.74, 6) is 1.23. The Morgan fingerprint density at radius 1 is 1.18 bits per heavy atom. The summed E-state index contributed by atoms with van der Waals surface area (Å²) in [6.45, 7) is 6.41. The minimum Gasteiger partial charge on any atom is -0.495 e. The molecule has 0 saturated heterocycles. The molecule has 3 nitrogen and oxygen atoms in total. The summed E-state index contributed by atoms with van der Waals surface area (Å²) >= 11 is 5.29. The van der Waals surface area contributed by atoms with Gasteiger partial charge >= 0.3 is 0 Å². The van der Waals surface area contributed by atoms with Gasteiger partial charge in [0, 0.05) is 16.7 Å². The van der Waals surface area contributed by atoms with Gasteiger partial charge in [-0.25, -0.2) is 9.97 Å². The molecule has 0 aliphatic carbocycles. The van der Waals surface area contributed by atoms with E-state index >= 15 is 0 Å². The van der Waals surface area contributed by atoms with Gasteiger partial charge in [-0.15, -0.1) is 11.3 Å². The van der Waals surface area contributed by atoms with Crippen molar-refractivity contribution in [2.24, 2.45) is 0 Å². The van der Waals surface area contributed by atoms with Crippen LogP contribution in [0.2, 0.25) is 0 Å². The second-order valence-electron chi connectivity index (χ2n) is 5.53. The van der Waals surface area contributed by atoms with Gasteiger partial charge in [0.1, 0.15) is 5.75 Å². The van der Waals surface area contributed by atoms with Gasteiger partial charge in [0.15, 0.2) is 0 Å². The Hall–Kier alpha value is -1.46. The molecule has 0 unspecified atom stereocenters. The molecule has 22 heavy (non-hydrogen) atoms. The minimum atomic E-state index is 0.437. The first-order chi connectivity index (χ1) is 10.5. The van der Waals surface area contributed by atoms with Gasteiger partial charge in [-0.2, -0.15) is 0 Å². The molecule has 3 aromatic rings. The number of pyridine rings is 1. The fraction of sp³-hybridized carbons (Fsp3) is 0.294. The van der Waals surface area contributed by atoms with Gasteiger partial charge in [-0.1, -0.05) is 13.8 Å². The van der Waals surface area contributed by atoms with Crippen molar-refractivity contribution in [3.05, 3.63) is 38.6 Å². The minimum absolute atomic E-state index is 0.437. The monoisotopic (exact) mass is 376 g/mol. The van der Waals surface area contributed by atoms with Crippen LogP contribution in [0.15, 0.2) is 28.1 Å². The Balaban J connectivity index is 2.20. The lowest BCUT2D eigenvalue weighted by atomic mass is 10.1. The highest BCUT2D eigenvalue weighted by Crippen LogP contribution is 2.35. The van der Waals surface area contributed by atoms with E-state index < -0.39 is 0 Å². The van der Waals surface area contributed by atoms with E-state index in [1.54, 1.807) is 18.4 Å². The number of rotatable bonds is 3. The van der Waals surface area contributed by atoms with E-state index in [1.165, 1.54) is 5.56 Å². The van der Waals surface area contributed by atoms with Crippen molar-refractivity contribution in [2.75, 3.05) is 7.11 Å². The lowest BCUT2D eigenvalue weighted by Gasteiger charge is -2.09. The molecule has 0 aliphatic heterocycles. The van der Waals surface area contributed by atoms with Gasteiger partial charge < -0.3 is 4.74 Å². The second-order valence-corrected chi connectivity index (χ2v) is 7.21. The molecule has 0 aliphatic rings. The molecule has 0 N–H and O–H groups in total. The van der Waals surface area contributed by atoms with Gasteiger partial charge in [0.2, 0.25) is 0 Å². The van der Waals surface area contributed by atoms with E-state index in [0.29, 0.717) is 5.92 Å². The summed E-state index contributed by atoms with van der Waals surface area (Å²) in [7, 11) is 1.66. The van der Waals surface area contributed by atoms with Crippen molar-refractivity contribution in [1.82, 2.24) is 9.97 Å². The molecule has 2 aromatic heterocycles. The summed E-state index contributed by atoms with van der Waals surface area (Å²) in [6.07, 6.45) is 0. The summed E-state index contributed by atoms with van der Waals surface area (Å²) in [5.41, 5.74) is 3.94. The lowest BCUT2D eigenvalue weighted by molar-refractivity contribution is 0.413. The zero-order chi connectivity index (χ0) is 15.9. The maximum Gasteiger partial charge on any atom is 0.135 e. The molecule has 1 aromatic carbocycles. The summed E-state index contributed by atoms with van der Waals surface area (Å²) in [5, 5.41) is 4.34. The maximum atomic E-state index is 5.37. The third-order valence-electron chi connectivity index (χ3n) is 3.59. The zero-order valence-corrected chi connectivity index (χ0v) is 15.4. The number of nitrogens with zero attached hydrogens (tertiary/aromatic N) is 2. The second kappa shape index (κ2) is 5.97. The van der Waals surface area contributed by atoms with Crippen molar-refractivity contribution in [1.29, 1.82) is 0 Å². The highest BCUT2D eigenvalue weighted by molar-refractivity contribution is 9.10. The molecule has 5 heteroatoms. The van der Waals surface area contributed by atoms with Gasteiger partial charge in [-0.05, 0) is 46.6 Å². The van der Waals surface area contributed by atoms with Gasteiger partial charge in [0.05, 0.1) is 33.5 Å². The molecule has 0 atom stereocenters. The molecular formula is C17H17BrN2OS. The maximum absolute atomic E-state index is 5.37. The fourth-order valence-electron chi connectivity index (χ4n) is 2.37. The SMILES string of the molecule is COc1ccc2c(C)cc(-c3csc(C(C)C)n3)nc2c1Br. The third-order valence-corrected chi connectivity index (χ3v) is 5.50. The molecule has 0 bridgehead atoms. The first-order valence-corrected chi connectivity index (χ1v) is 8.78. The van der Waals surface area contributed by atoms with Crippen LogP contribution in [0.25, 0.3) is 22.3 Å². The fourth-order valence-corrected chi connectivity index (χ4v) is 3.79. The quantitative estimate of drug-likeness (QED) is 0.599. The van der Waals surface area contributed by atoms with E-state index in [4.69, 9.17) is 14.7 Å². The van der Waals surface area contributed by atoms with Crippen molar-refractivity contribution in [2.45, 2.75) is 26.7 Å². The van der Waals surface area contributed by atoms with Gasteiger partial charge in [-0.3, -0.25) is 0 Å². The predicted molar refractivity (Wildman–Crippen MR) is 95.9 cm³/mol. The summed E-state index contributed by atoms with van der Waals surface area (Å²) in [6, 6.07) is 6.10. The van der Waals surface area contributed by atoms with E-state index in [1.807, 2.05) is 12.1 Å². The van der Waals surface area contributed by atoms with Crippen molar-refractivity contribution in [3.8, 4) is 17.1 Å². The van der Waals surface area contributed by atoms with Crippen molar-refractivity contribution < 1.29 is 4.74 Å². The van der Waals surface area contributed by atoms with Crippen LogP contribution in [0.4, 0.5) is 0 Å². The number of benzene rings is 1. The third kappa shape index (κ3) is 2.63. The largest absolute Gasteiger partial charge is 0.495 e. The smallest absolute Gasteiger partial charge is 0.135 e. The lowest BCUT2D eigenvalue weighted by Crippen LogP contribution is -1.93. The average molecular weight is 377 g/mol. The number of aryl methyl sites for hydroxylation is 1. The Morgan fingerprint density at radius 2 is 1.95 bits per heavy atom. The number of halogens is 1. The molecule has 0 spiro atoms. The number of hydrogen-bond acceptors (Lipinski definition) is 4. The van der Waals surface area contributed by atoms with Crippen LogP contribution in [0.1, 0.15) is 30.3 Å². The first-order valence-electron chi connectivity index (χ1n) is 7.11. The Labute approximate surface area is 142 Å². The van der Waals surface area contributed by atoms with Crippen LogP contribution in [0.5, 0.6) is 5.75 Å². The topological polar surface area (TPSA) is 35.0 Å². The summed E-state index contributed by atoms with van der Waals surface area (Å²) < 4.78 is 6.26. The number of thiazole rings is 1. The molecule has 0 radical (unpaired) electrons. The Bertz CT molecular complexity index is 842. The number of ether oxygens (including phenoxy) is 1. The van der Waals surface area contributed by atoms with Crippen LogP contribution in [0, 0.1) is 6.92 Å². The molecule has 0 amide bonds. The van der Waals surface area contributed by atoms with E-state index in [0.717, 1.165) is 37.5 Å². The van der Waals surface area contributed by atoms with E-state index in [9.17, 15) is 0 Å². The van der Waals surface area contributed by atoms with Crippen LogP contribution >= 0.6 is 27.3 Å². The highest BCUT2D eigenvalue weighted by Gasteiger charge is 2.14. The molecule has 0 saturated carbocycles. The van der Waals surface area contributed by atoms with Crippen LogP contribution in [-0.2, 0) is 0 Å². The predicted octanol–water partition coefficient (Wildman–Crippen LogP) is 5.56. The zero-order valence-electron chi connectivity index (χ0n) is 13.0. The van der Waals surface area contributed by atoms with Crippen LogP contribution in [-0.4, -0.2) is 17.1 Å². The highest BCUT2D eigenvalue weighted by atomic mass is 79.9. The molecule has 114 valence electrons.